The maximum atomic E-state index is 13.6. The number of likely N-dealkylation sites (tertiary alicyclic amines) is 1. The molecule has 1 aliphatic heterocycles. The van der Waals surface area contributed by atoms with E-state index in [4.69, 9.17) is 10.7 Å². The fourth-order valence-electron chi connectivity index (χ4n) is 4.65. The number of hydrogen-bond acceptors (Lipinski definition) is 6. The normalized spacial score (nSPS) is 16.4. The van der Waals surface area contributed by atoms with Gasteiger partial charge in [-0.25, -0.2) is 19.3 Å². The molecule has 4 aromatic rings. The minimum atomic E-state index is -0.325. The van der Waals surface area contributed by atoms with Crippen molar-refractivity contribution in [2.75, 3.05) is 19.3 Å². The van der Waals surface area contributed by atoms with Crippen molar-refractivity contribution >= 4 is 17.2 Å². The minimum Gasteiger partial charge on any atom is -0.382 e. The molecule has 7 nitrogen and oxygen atoms in total. The van der Waals surface area contributed by atoms with E-state index in [0.29, 0.717) is 35.5 Å². The zero-order valence-electron chi connectivity index (χ0n) is 19.3. The Labute approximate surface area is 197 Å². The van der Waals surface area contributed by atoms with Gasteiger partial charge < -0.3 is 10.1 Å². The second kappa shape index (κ2) is 8.95. The van der Waals surface area contributed by atoms with E-state index in [1.54, 1.807) is 12.1 Å². The molecular weight excluding hydrogens is 431 g/mol. The molecule has 1 aromatic carbocycles. The number of anilines is 1. The average molecular weight is 459 g/mol. The van der Waals surface area contributed by atoms with Crippen LogP contribution in [-0.4, -0.2) is 49.7 Å². The Morgan fingerprint density at radius 2 is 1.85 bits per heavy atom. The van der Waals surface area contributed by atoms with Gasteiger partial charge in [-0.1, -0.05) is 0 Å². The third kappa shape index (κ3) is 4.17. The topological polar surface area (TPSA) is 89.4 Å². The number of hydrogen-bond donors (Lipinski definition) is 1. The van der Waals surface area contributed by atoms with Crippen LogP contribution in [0.25, 0.3) is 28.2 Å². The lowest BCUT2D eigenvalue weighted by Crippen LogP contribution is -2.33. The monoisotopic (exact) mass is 458 g/mol. The van der Waals surface area contributed by atoms with Crippen molar-refractivity contribution < 1.29 is 9.18 Å². The van der Waals surface area contributed by atoms with Gasteiger partial charge in [-0.15, -0.1) is 0 Å². The van der Waals surface area contributed by atoms with Crippen molar-refractivity contribution in [3.8, 4) is 22.5 Å². The number of halogens is 1. The van der Waals surface area contributed by atoms with Crippen molar-refractivity contribution in [3.63, 3.8) is 0 Å². The van der Waals surface area contributed by atoms with E-state index in [9.17, 15) is 9.18 Å². The van der Waals surface area contributed by atoms with Gasteiger partial charge in [0.2, 0.25) is 0 Å². The highest BCUT2D eigenvalue weighted by atomic mass is 19.1. The fourth-order valence-corrected chi connectivity index (χ4v) is 4.65. The second-order valence-corrected chi connectivity index (χ2v) is 8.91. The summed E-state index contributed by atoms with van der Waals surface area (Å²) in [7, 11) is 1.99. The second-order valence-electron chi connectivity index (χ2n) is 8.91. The van der Waals surface area contributed by atoms with E-state index in [2.05, 4.69) is 14.9 Å². The third-order valence-corrected chi connectivity index (χ3v) is 6.58. The van der Waals surface area contributed by atoms with Gasteiger partial charge in [0, 0.05) is 42.1 Å². The first-order valence-corrected chi connectivity index (χ1v) is 11.5. The lowest BCUT2D eigenvalue weighted by Gasteiger charge is -2.18. The number of fused-ring (bicyclic) bond motifs is 1. The van der Waals surface area contributed by atoms with Gasteiger partial charge >= 0.3 is 0 Å². The van der Waals surface area contributed by atoms with Crippen molar-refractivity contribution in [3.05, 3.63) is 66.0 Å². The number of carbonyl (C=O) groups is 1. The van der Waals surface area contributed by atoms with Crippen molar-refractivity contribution in [1.82, 2.24) is 24.3 Å². The van der Waals surface area contributed by atoms with Crippen molar-refractivity contribution in [2.45, 2.75) is 38.6 Å². The van der Waals surface area contributed by atoms with E-state index in [1.165, 1.54) is 12.1 Å². The Balaban J connectivity index is 1.55. The van der Waals surface area contributed by atoms with Gasteiger partial charge in [-0.3, -0.25) is 9.69 Å². The van der Waals surface area contributed by atoms with Crippen LogP contribution >= 0.6 is 0 Å². The number of aromatic nitrogens is 4. The highest BCUT2D eigenvalue weighted by Gasteiger charge is 2.27. The Kier molecular flexibility index (Phi) is 5.83. The third-order valence-electron chi connectivity index (χ3n) is 6.58. The molecule has 1 fully saturated rings. The molecule has 3 aromatic heterocycles. The van der Waals surface area contributed by atoms with Crippen molar-refractivity contribution in [2.24, 2.45) is 0 Å². The van der Waals surface area contributed by atoms with Crippen molar-refractivity contribution in [1.29, 1.82) is 0 Å². The van der Waals surface area contributed by atoms with Crippen LogP contribution in [0.15, 0.2) is 48.8 Å². The Morgan fingerprint density at radius 1 is 1.12 bits per heavy atom. The number of likely N-dealkylation sites (N-methyl/N-ethyl adjacent to an activating group) is 1. The van der Waals surface area contributed by atoms with Crippen LogP contribution in [0, 0.1) is 12.7 Å². The number of carbonyl (C=O) groups excluding carboxylic acids is 1. The Morgan fingerprint density at radius 3 is 2.59 bits per heavy atom. The Hall–Kier alpha value is -3.65. The summed E-state index contributed by atoms with van der Waals surface area (Å²) in [6, 6.07) is 9.96. The maximum absolute atomic E-state index is 13.6. The number of Topliss-reactive ketones (excluding diaryl/α,β-unsaturated/α-hetero) is 1. The van der Waals surface area contributed by atoms with E-state index in [1.807, 2.05) is 42.9 Å². The van der Waals surface area contributed by atoms with E-state index in [-0.39, 0.29) is 23.5 Å². The lowest BCUT2D eigenvalue weighted by molar-refractivity contribution is -0.122. The smallest absolute Gasteiger partial charge is 0.150 e. The quantitative estimate of drug-likeness (QED) is 0.468. The summed E-state index contributed by atoms with van der Waals surface area (Å²) < 4.78 is 15.6. The molecule has 0 bridgehead atoms. The SMILES string of the molecule is Cc1cnc2ccc(-c3nc(CCC(=O)C4CCCN4C)c(N)nc3-c3ccc(F)cc3)cn12. The molecule has 0 amide bonds. The van der Waals surface area contributed by atoms with Crippen LogP contribution in [0.3, 0.4) is 0 Å². The van der Waals surface area contributed by atoms with Gasteiger partial charge in [-0.05, 0) is 69.8 Å². The fraction of sp³-hybridized carbons (Fsp3) is 0.308. The number of nitrogen functional groups attached to an aromatic ring is 1. The molecule has 1 saturated heterocycles. The van der Waals surface area contributed by atoms with Gasteiger partial charge in [0.1, 0.15) is 23.1 Å². The number of benzene rings is 1. The Bertz CT molecular complexity index is 1360. The summed E-state index contributed by atoms with van der Waals surface area (Å²) in [5.74, 6) is 0.171. The molecule has 1 aliphatic rings. The number of nitrogens with zero attached hydrogens (tertiary/aromatic N) is 5. The molecule has 1 atom stereocenters. The highest BCUT2D eigenvalue weighted by Crippen LogP contribution is 2.32. The van der Waals surface area contributed by atoms with E-state index >= 15 is 0 Å². The lowest BCUT2D eigenvalue weighted by atomic mass is 10.0. The largest absolute Gasteiger partial charge is 0.382 e. The first kappa shape index (κ1) is 22.2. The molecule has 0 radical (unpaired) electrons. The number of pyridine rings is 1. The first-order valence-electron chi connectivity index (χ1n) is 11.5. The van der Waals surface area contributed by atoms with Crippen LogP contribution in [0.5, 0.6) is 0 Å². The minimum absolute atomic E-state index is 0.0289. The zero-order chi connectivity index (χ0) is 23.8. The van der Waals surface area contributed by atoms with Crippen LogP contribution < -0.4 is 5.73 Å². The number of aryl methyl sites for hydroxylation is 2. The van der Waals surface area contributed by atoms with E-state index in [0.717, 1.165) is 36.3 Å². The number of nitrogens with two attached hydrogens (primary N) is 1. The highest BCUT2D eigenvalue weighted by molar-refractivity contribution is 5.85. The molecule has 5 rings (SSSR count). The summed E-state index contributed by atoms with van der Waals surface area (Å²) in [6.45, 7) is 2.93. The summed E-state index contributed by atoms with van der Waals surface area (Å²) in [5.41, 5.74) is 11.5. The molecule has 1 unspecified atom stereocenters. The molecule has 2 N–H and O–H groups in total. The van der Waals surface area contributed by atoms with Gasteiger partial charge in [0.05, 0.1) is 23.1 Å². The standard InChI is InChI=1S/C26H27FN6O/c1-16-14-29-23-12-7-18(15-33(16)23)25-24(17-5-8-19(27)9-6-17)31-26(28)20(30-25)10-11-22(34)21-4-3-13-32(21)2/h5-9,12,14-15,21H,3-4,10-11,13H2,1-2H3,(H2,28,31). The van der Waals surface area contributed by atoms with Crippen LogP contribution in [-0.2, 0) is 11.2 Å². The number of imidazole rings is 1. The molecule has 0 aliphatic carbocycles. The summed E-state index contributed by atoms with van der Waals surface area (Å²) in [5, 5.41) is 0. The number of rotatable bonds is 6. The molecule has 0 spiro atoms. The molecule has 4 heterocycles. The van der Waals surface area contributed by atoms with E-state index < -0.39 is 0 Å². The summed E-state index contributed by atoms with van der Waals surface area (Å²) in [4.78, 5) is 28.9. The first-order chi connectivity index (χ1) is 16.4. The number of ketones is 1. The van der Waals surface area contributed by atoms with Crippen LogP contribution in [0.4, 0.5) is 10.2 Å². The molecule has 174 valence electrons. The zero-order valence-corrected chi connectivity index (χ0v) is 19.3. The van der Waals surface area contributed by atoms with Gasteiger partial charge in [0.15, 0.2) is 0 Å². The average Bonchev–Trinajstić information content (AvgIpc) is 3.43. The summed E-state index contributed by atoms with van der Waals surface area (Å²) >= 11 is 0. The molecular formula is C26H27FN6O. The summed E-state index contributed by atoms with van der Waals surface area (Å²) in [6.07, 6.45) is 6.50. The predicted octanol–water partition coefficient (Wildman–Crippen LogP) is 4.08. The van der Waals surface area contributed by atoms with Gasteiger partial charge in [-0.2, -0.15) is 0 Å². The van der Waals surface area contributed by atoms with Gasteiger partial charge in [0.25, 0.3) is 0 Å². The molecule has 0 saturated carbocycles. The molecule has 34 heavy (non-hydrogen) atoms. The predicted molar refractivity (Wildman–Crippen MR) is 130 cm³/mol. The van der Waals surface area contributed by atoms with Crippen LogP contribution in [0.2, 0.25) is 0 Å². The van der Waals surface area contributed by atoms with Crippen LogP contribution in [0.1, 0.15) is 30.7 Å². The maximum Gasteiger partial charge on any atom is 0.150 e. The molecule has 8 heteroatoms.